The fourth-order valence-electron chi connectivity index (χ4n) is 2.26. The van der Waals surface area contributed by atoms with E-state index in [2.05, 4.69) is 5.32 Å². The molecule has 0 unspecified atom stereocenters. The Hall–Kier alpha value is -1.70. The van der Waals surface area contributed by atoms with E-state index in [0.717, 1.165) is 4.90 Å². The molecule has 0 aromatic heterocycles. The summed E-state index contributed by atoms with van der Waals surface area (Å²) in [6.07, 6.45) is 0.540. The Bertz CT molecular complexity index is 804. The fraction of sp³-hybridized carbons (Fsp3) is 0.438. The lowest BCUT2D eigenvalue weighted by atomic mass is 10.3. The van der Waals surface area contributed by atoms with Gasteiger partial charge in [-0.3, -0.25) is 9.59 Å². The number of hydrogen-bond acceptors (Lipinski definition) is 8. The van der Waals surface area contributed by atoms with E-state index in [9.17, 15) is 18.0 Å². The third-order valence-electron chi connectivity index (χ3n) is 3.45. The van der Waals surface area contributed by atoms with Crippen LogP contribution in [0, 0.1) is 11.3 Å². The Kier molecular flexibility index (Phi) is 7.81. The Morgan fingerprint density at radius 3 is 2.81 bits per heavy atom. The molecule has 0 spiro atoms. The van der Waals surface area contributed by atoms with E-state index >= 15 is 0 Å². The number of nitrogens with one attached hydrogen (secondary N) is 1. The summed E-state index contributed by atoms with van der Waals surface area (Å²) >= 11 is 2.54. The second kappa shape index (κ2) is 9.85. The van der Waals surface area contributed by atoms with Gasteiger partial charge in [0.1, 0.15) is 0 Å². The monoisotopic (exact) mass is 414 g/mol. The lowest BCUT2D eigenvalue weighted by molar-refractivity contribution is -0.144. The normalized spacial score (nSPS) is 18.0. The van der Waals surface area contributed by atoms with Crippen LogP contribution in [0.5, 0.6) is 0 Å². The van der Waals surface area contributed by atoms with Crippen molar-refractivity contribution in [3.05, 3.63) is 24.3 Å². The molecule has 1 N–H and O–H groups in total. The quantitative estimate of drug-likeness (QED) is 0.505. The number of para-hydroxylation sites is 1. The topological polar surface area (TPSA) is 113 Å². The molecule has 1 aromatic rings. The first kappa shape index (κ1) is 20.6. The largest absolute Gasteiger partial charge is 0.455 e. The van der Waals surface area contributed by atoms with E-state index in [1.807, 2.05) is 6.07 Å². The van der Waals surface area contributed by atoms with Crippen molar-refractivity contribution in [3.63, 3.8) is 0 Å². The first-order valence-corrected chi connectivity index (χ1v) is 11.6. The number of rotatable bonds is 8. The molecule has 2 rings (SSSR count). The summed E-state index contributed by atoms with van der Waals surface area (Å²) in [6, 6.07) is 9.07. The van der Waals surface area contributed by atoms with Crippen LogP contribution < -0.4 is 5.32 Å². The Morgan fingerprint density at radius 2 is 2.12 bits per heavy atom. The zero-order valence-electron chi connectivity index (χ0n) is 13.8. The number of sulfone groups is 1. The molecule has 1 heterocycles. The van der Waals surface area contributed by atoms with Crippen molar-refractivity contribution >= 4 is 50.9 Å². The van der Waals surface area contributed by atoms with E-state index < -0.39 is 28.3 Å². The van der Waals surface area contributed by atoms with Crippen LogP contribution in [0.2, 0.25) is 0 Å². The molecule has 140 valence electrons. The predicted octanol–water partition coefficient (Wildman–Crippen LogP) is 1.70. The van der Waals surface area contributed by atoms with Crippen LogP contribution in [0.3, 0.4) is 0 Å². The van der Waals surface area contributed by atoms with Gasteiger partial charge in [-0.15, -0.1) is 23.5 Å². The lowest BCUT2D eigenvalue weighted by Gasteiger charge is -2.10. The number of thioether (sulfide) groups is 2. The molecule has 1 atom stereocenters. The first-order chi connectivity index (χ1) is 12.4. The van der Waals surface area contributed by atoms with Gasteiger partial charge in [-0.05, 0) is 18.6 Å². The smallest absolute Gasteiger partial charge is 0.316 e. The van der Waals surface area contributed by atoms with Crippen molar-refractivity contribution in [2.45, 2.75) is 16.6 Å². The third-order valence-corrected chi connectivity index (χ3v) is 7.64. The minimum Gasteiger partial charge on any atom is -0.455 e. The summed E-state index contributed by atoms with van der Waals surface area (Å²) in [6.45, 7) is -0.417. The van der Waals surface area contributed by atoms with E-state index in [1.54, 1.807) is 24.3 Å². The van der Waals surface area contributed by atoms with Gasteiger partial charge in [0.15, 0.2) is 16.4 Å². The number of carbonyl (C=O) groups excluding carboxylic acids is 2. The van der Waals surface area contributed by atoms with E-state index in [1.165, 1.54) is 23.5 Å². The molecule has 0 bridgehead atoms. The van der Waals surface area contributed by atoms with Gasteiger partial charge < -0.3 is 10.1 Å². The van der Waals surface area contributed by atoms with Gasteiger partial charge in [-0.1, -0.05) is 12.1 Å². The average Bonchev–Trinajstić information content (AvgIpc) is 2.96. The molecule has 1 saturated heterocycles. The molecular weight excluding hydrogens is 396 g/mol. The Morgan fingerprint density at radius 1 is 1.35 bits per heavy atom. The van der Waals surface area contributed by atoms with Gasteiger partial charge in [0.25, 0.3) is 5.91 Å². The number of ether oxygens (including phenoxy) is 1. The molecule has 1 fully saturated rings. The van der Waals surface area contributed by atoms with Gasteiger partial charge >= 0.3 is 5.97 Å². The zero-order chi connectivity index (χ0) is 19.0. The summed E-state index contributed by atoms with van der Waals surface area (Å²) in [7, 11) is -2.97. The molecule has 10 heteroatoms. The molecule has 1 aromatic carbocycles. The fourth-order valence-corrected chi connectivity index (χ4v) is 6.37. The SMILES string of the molecule is N#CCSc1ccccc1NC(=O)COC(=O)CS[C@@H]1CCS(=O)(=O)C1. The first-order valence-electron chi connectivity index (χ1n) is 7.76. The Balaban J connectivity index is 1.73. The molecule has 0 aliphatic carbocycles. The van der Waals surface area contributed by atoms with Crippen molar-refractivity contribution in [2.75, 3.05) is 34.9 Å². The summed E-state index contributed by atoms with van der Waals surface area (Å²) in [5, 5.41) is 11.2. The zero-order valence-corrected chi connectivity index (χ0v) is 16.3. The van der Waals surface area contributed by atoms with E-state index in [0.29, 0.717) is 12.1 Å². The van der Waals surface area contributed by atoms with Gasteiger partial charge in [0.2, 0.25) is 0 Å². The second-order valence-corrected chi connectivity index (χ2v) is 10.0. The number of carbonyl (C=O) groups is 2. The average molecular weight is 415 g/mol. The standard InChI is InChI=1S/C16H18N2O5S3/c17-6-7-24-14-4-2-1-3-13(14)18-15(19)9-23-16(20)10-25-12-5-8-26(21,22)11-12/h1-4,12H,5,7-11H2,(H,18,19)/t12-/m1/s1. The van der Waals surface area contributed by atoms with Crippen LogP contribution in [0.4, 0.5) is 5.69 Å². The van der Waals surface area contributed by atoms with Crippen molar-refractivity contribution in [3.8, 4) is 6.07 Å². The Labute approximate surface area is 160 Å². The molecule has 26 heavy (non-hydrogen) atoms. The summed E-state index contributed by atoms with van der Waals surface area (Å²) in [5.74, 6) is -0.509. The molecule has 0 radical (unpaired) electrons. The van der Waals surface area contributed by atoms with Crippen LogP contribution in [-0.2, 0) is 24.2 Å². The molecular formula is C16H18N2O5S3. The van der Waals surface area contributed by atoms with Gasteiger partial charge in [-0.2, -0.15) is 5.26 Å². The minimum absolute atomic E-state index is 0.0159. The molecule has 1 amide bonds. The summed E-state index contributed by atoms with van der Waals surface area (Å²) < 4.78 is 27.7. The van der Waals surface area contributed by atoms with Gasteiger partial charge in [0.05, 0.1) is 34.8 Å². The summed E-state index contributed by atoms with van der Waals surface area (Å²) in [5.41, 5.74) is 0.555. The van der Waals surface area contributed by atoms with Crippen molar-refractivity contribution in [1.29, 1.82) is 5.26 Å². The maximum atomic E-state index is 11.9. The number of nitriles is 1. The van der Waals surface area contributed by atoms with Crippen molar-refractivity contribution in [2.24, 2.45) is 0 Å². The van der Waals surface area contributed by atoms with Crippen LogP contribution in [0.25, 0.3) is 0 Å². The van der Waals surface area contributed by atoms with Crippen molar-refractivity contribution < 1.29 is 22.7 Å². The lowest BCUT2D eigenvalue weighted by Crippen LogP contribution is -2.22. The number of benzene rings is 1. The highest BCUT2D eigenvalue weighted by atomic mass is 32.2. The number of anilines is 1. The number of amides is 1. The number of nitrogens with zero attached hydrogens (tertiary/aromatic N) is 1. The number of hydrogen-bond donors (Lipinski definition) is 1. The van der Waals surface area contributed by atoms with Gasteiger partial charge in [0, 0.05) is 10.1 Å². The summed E-state index contributed by atoms with van der Waals surface area (Å²) in [4.78, 5) is 24.4. The van der Waals surface area contributed by atoms with Crippen LogP contribution in [0.1, 0.15) is 6.42 Å². The highest BCUT2D eigenvalue weighted by molar-refractivity contribution is 8.02. The molecule has 1 aliphatic rings. The van der Waals surface area contributed by atoms with E-state index in [4.69, 9.17) is 10.00 Å². The third kappa shape index (κ3) is 6.90. The maximum Gasteiger partial charge on any atom is 0.316 e. The van der Waals surface area contributed by atoms with Gasteiger partial charge in [-0.25, -0.2) is 8.42 Å². The second-order valence-electron chi connectivity index (χ2n) is 5.49. The highest BCUT2D eigenvalue weighted by Gasteiger charge is 2.28. The molecule has 7 nitrogen and oxygen atoms in total. The van der Waals surface area contributed by atoms with Crippen LogP contribution in [-0.4, -0.2) is 55.2 Å². The number of esters is 1. The molecule has 0 saturated carbocycles. The maximum absolute atomic E-state index is 11.9. The highest BCUT2D eigenvalue weighted by Crippen LogP contribution is 2.26. The van der Waals surface area contributed by atoms with E-state index in [-0.39, 0.29) is 28.3 Å². The molecule has 1 aliphatic heterocycles. The van der Waals surface area contributed by atoms with Crippen LogP contribution >= 0.6 is 23.5 Å². The minimum atomic E-state index is -2.97. The predicted molar refractivity (Wildman–Crippen MR) is 102 cm³/mol. The van der Waals surface area contributed by atoms with Crippen LogP contribution in [0.15, 0.2) is 29.2 Å². The van der Waals surface area contributed by atoms with Crippen molar-refractivity contribution in [1.82, 2.24) is 0 Å².